The zero-order valence-corrected chi connectivity index (χ0v) is 14.9. The van der Waals surface area contributed by atoms with Crippen molar-refractivity contribution in [2.24, 2.45) is 5.92 Å². The Hall–Kier alpha value is -1.79. The molecule has 1 N–H and O–H groups in total. The second-order valence-corrected chi connectivity index (χ2v) is 7.37. The number of hydrogen-bond donors (Lipinski definition) is 1. The molecule has 0 saturated carbocycles. The summed E-state index contributed by atoms with van der Waals surface area (Å²) in [5.41, 5.74) is 1.35. The van der Waals surface area contributed by atoms with Gasteiger partial charge in [-0.05, 0) is 37.3 Å². The number of thiazole rings is 1. The summed E-state index contributed by atoms with van der Waals surface area (Å²) in [6.45, 7) is 5.06. The van der Waals surface area contributed by atoms with E-state index in [0.717, 1.165) is 36.6 Å². The van der Waals surface area contributed by atoms with Crippen molar-refractivity contribution < 1.29 is 9.53 Å². The number of amides is 1. The number of aromatic nitrogens is 2. The van der Waals surface area contributed by atoms with Crippen LogP contribution in [0.4, 0.5) is 0 Å². The zero-order valence-electron chi connectivity index (χ0n) is 14.1. The van der Waals surface area contributed by atoms with Crippen molar-refractivity contribution in [3.63, 3.8) is 0 Å². The second-order valence-electron chi connectivity index (χ2n) is 6.48. The summed E-state index contributed by atoms with van der Waals surface area (Å²) in [6, 6.07) is 5.67. The van der Waals surface area contributed by atoms with E-state index >= 15 is 0 Å². The zero-order chi connectivity index (χ0) is 16.9. The SMILES string of the molecule is CC(C)C[C@H](NC(=O)c1csc([C@H]2CCCO2)n1)c1ccccn1. The summed E-state index contributed by atoms with van der Waals surface area (Å²) >= 11 is 1.50. The van der Waals surface area contributed by atoms with Crippen molar-refractivity contribution in [2.45, 2.75) is 45.3 Å². The Morgan fingerprint density at radius 2 is 2.33 bits per heavy atom. The van der Waals surface area contributed by atoms with Gasteiger partial charge in [0.05, 0.1) is 11.7 Å². The first-order chi connectivity index (χ1) is 11.6. The molecule has 24 heavy (non-hydrogen) atoms. The van der Waals surface area contributed by atoms with E-state index in [1.807, 2.05) is 23.6 Å². The third kappa shape index (κ3) is 4.19. The molecule has 6 heteroatoms. The van der Waals surface area contributed by atoms with Crippen molar-refractivity contribution in [1.82, 2.24) is 15.3 Å². The van der Waals surface area contributed by atoms with Gasteiger partial charge in [-0.25, -0.2) is 4.98 Å². The first-order valence-electron chi connectivity index (χ1n) is 8.42. The molecule has 128 valence electrons. The number of carbonyl (C=O) groups excluding carboxylic acids is 1. The van der Waals surface area contributed by atoms with E-state index < -0.39 is 0 Å². The summed E-state index contributed by atoms with van der Waals surface area (Å²) in [7, 11) is 0. The van der Waals surface area contributed by atoms with Crippen LogP contribution in [-0.4, -0.2) is 22.5 Å². The monoisotopic (exact) mass is 345 g/mol. The molecule has 1 aliphatic heterocycles. The van der Waals surface area contributed by atoms with Gasteiger partial charge < -0.3 is 10.1 Å². The van der Waals surface area contributed by atoms with Crippen LogP contribution in [0, 0.1) is 5.92 Å². The molecule has 0 aromatic carbocycles. The molecule has 1 saturated heterocycles. The lowest BCUT2D eigenvalue weighted by atomic mass is 10.0. The van der Waals surface area contributed by atoms with Crippen LogP contribution < -0.4 is 5.32 Å². The highest BCUT2D eigenvalue weighted by Crippen LogP contribution is 2.30. The van der Waals surface area contributed by atoms with E-state index in [1.165, 1.54) is 11.3 Å². The van der Waals surface area contributed by atoms with Crippen LogP contribution in [0.15, 0.2) is 29.8 Å². The molecular formula is C18H23N3O2S. The van der Waals surface area contributed by atoms with Crippen LogP contribution in [-0.2, 0) is 4.74 Å². The number of carbonyl (C=O) groups is 1. The van der Waals surface area contributed by atoms with Gasteiger partial charge >= 0.3 is 0 Å². The normalized spacial score (nSPS) is 18.7. The molecule has 0 unspecified atom stereocenters. The van der Waals surface area contributed by atoms with Crippen molar-refractivity contribution in [3.8, 4) is 0 Å². The number of hydrogen-bond acceptors (Lipinski definition) is 5. The van der Waals surface area contributed by atoms with Crippen molar-refractivity contribution >= 4 is 17.2 Å². The Labute approximate surface area is 146 Å². The highest BCUT2D eigenvalue weighted by atomic mass is 32.1. The number of nitrogens with one attached hydrogen (secondary N) is 1. The fourth-order valence-corrected chi connectivity index (χ4v) is 3.73. The minimum Gasteiger partial charge on any atom is -0.371 e. The lowest BCUT2D eigenvalue weighted by Gasteiger charge is -2.19. The molecule has 2 aromatic rings. The number of ether oxygens (including phenoxy) is 1. The Balaban J connectivity index is 1.71. The Bertz CT molecular complexity index is 666. The standard InChI is InChI=1S/C18H23N3O2S/c1-12(2)10-14(13-6-3-4-8-19-13)20-17(22)15-11-24-18(21-15)16-7-5-9-23-16/h3-4,6,8,11-12,14,16H,5,7,9-10H2,1-2H3,(H,20,22)/t14-,16+/m0/s1. The number of nitrogens with zero attached hydrogens (tertiary/aromatic N) is 2. The third-order valence-corrected chi connectivity index (χ3v) is 4.95. The molecule has 0 aliphatic carbocycles. The topological polar surface area (TPSA) is 64.1 Å². The van der Waals surface area contributed by atoms with Crippen LogP contribution in [0.25, 0.3) is 0 Å². The average molecular weight is 345 g/mol. The lowest BCUT2D eigenvalue weighted by Crippen LogP contribution is -2.30. The Morgan fingerprint density at radius 3 is 3.00 bits per heavy atom. The van der Waals surface area contributed by atoms with Gasteiger partial charge in [0.25, 0.3) is 5.91 Å². The maximum Gasteiger partial charge on any atom is 0.271 e. The minimum absolute atomic E-state index is 0.0544. The first-order valence-corrected chi connectivity index (χ1v) is 9.30. The lowest BCUT2D eigenvalue weighted by molar-refractivity contribution is 0.0923. The quantitative estimate of drug-likeness (QED) is 0.862. The molecule has 0 radical (unpaired) electrons. The maximum absolute atomic E-state index is 12.6. The van der Waals surface area contributed by atoms with Crippen molar-refractivity contribution in [2.75, 3.05) is 6.61 Å². The van der Waals surface area contributed by atoms with Crippen LogP contribution in [0.3, 0.4) is 0 Å². The highest BCUT2D eigenvalue weighted by Gasteiger charge is 2.24. The van der Waals surface area contributed by atoms with E-state index in [2.05, 4.69) is 29.1 Å². The molecule has 1 aliphatic rings. The summed E-state index contributed by atoms with van der Waals surface area (Å²) in [5.74, 6) is 0.307. The van der Waals surface area contributed by atoms with Gasteiger partial charge in [-0.1, -0.05) is 19.9 Å². The van der Waals surface area contributed by atoms with Crippen molar-refractivity contribution in [3.05, 3.63) is 46.2 Å². The molecule has 5 nitrogen and oxygen atoms in total. The molecule has 2 atom stereocenters. The molecule has 0 bridgehead atoms. The predicted molar refractivity (Wildman–Crippen MR) is 93.9 cm³/mol. The number of rotatable bonds is 6. The van der Waals surface area contributed by atoms with Gasteiger partial charge in [0, 0.05) is 18.2 Å². The van der Waals surface area contributed by atoms with E-state index in [0.29, 0.717) is 11.6 Å². The van der Waals surface area contributed by atoms with Gasteiger partial charge in [-0.15, -0.1) is 11.3 Å². The molecule has 1 amide bonds. The van der Waals surface area contributed by atoms with Crippen LogP contribution in [0.1, 0.15) is 66.4 Å². The fourth-order valence-electron chi connectivity index (χ4n) is 2.85. The van der Waals surface area contributed by atoms with Gasteiger partial charge in [0.1, 0.15) is 16.8 Å². The van der Waals surface area contributed by atoms with Crippen molar-refractivity contribution in [1.29, 1.82) is 0 Å². The highest BCUT2D eigenvalue weighted by molar-refractivity contribution is 7.09. The Morgan fingerprint density at radius 1 is 1.46 bits per heavy atom. The van der Waals surface area contributed by atoms with Gasteiger partial charge in [0.2, 0.25) is 0 Å². The summed E-state index contributed by atoms with van der Waals surface area (Å²) in [4.78, 5) is 21.5. The van der Waals surface area contributed by atoms with E-state index in [1.54, 1.807) is 6.20 Å². The van der Waals surface area contributed by atoms with E-state index in [9.17, 15) is 4.79 Å². The molecular weight excluding hydrogens is 322 g/mol. The summed E-state index contributed by atoms with van der Waals surface area (Å²) < 4.78 is 5.64. The second kappa shape index (κ2) is 7.85. The molecule has 0 spiro atoms. The Kier molecular flexibility index (Phi) is 5.58. The molecule has 2 aromatic heterocycles. The molecule has 3 heterocycles. The maximum atomic E-state index is 12.6. The third-order valence-electron chi connectivity index (χ3n) is 4.02. The average Bonchev–Trinajstić information content (AvgIpc) is 3.25. The van der Waals surface area contributed by atoms with Crippen LogP contribution in [0.2, 0.25) is 0 Å². The summed E-state index contributed by atoms with van der Waals surface area (Å²) in [5, 5.41) is 5.80. The first kappa shape index (κ1) is 17.0. The predicted octanol–water partition coefficient (Wildman–Crippen LogP) is 3.91. The van der Waals surface area contributed by atoms with Gasteiger partial charge in [0.15, 0.2) is 0 Å². The number of pyridine rings is 1. The summed E-state index contributed by atoms with van der Waals surface area (Å²) in [6.07, 6.45) is 4.69. The minimum atomic E-state index is -0.146. The molecule has 3 rings (SSSR count). The molecule has 1 fully saturated rings. The van der Waals surface area contributed by atoms with Crippen LogP contribution >= 0.6 is 11.3 Å². The van der Waals surface area contributed by atoms with E-state index in [4.69, 9.17) is 4.74 Å². The fraction of sp³-hybridized carbons (Fsp3) is 0.500. The van der Waals surface area contributed by atoms with Gasteiger partial charge in [-0.3, -0.25) is 9.78 Å². The van der Waals surface area contributed by atoms with E-state index in [-0.39, 0.29) is 18.1 Å². The van der Waals surface area contributed by atoms with Crippen LogP contribution in [0.5, 0.6) is 0 Å². The largest absolute Gasteiger partial charge is 0.371 e. The van der Waals surface area contributed by atoms with Gasteiger partial charge in [-0.2, -0.15) is 0 Å². The smallest absolute Gasteiger partial charge is 0.271 e.